The molecule has 1 fully saturated rings. The van der Waals surface area contributed by atoms with Crippen LogP contribution in [0.15, 0.2) is 83.8 Å². The highest BCUT2D eigenvalue weighted by molar-refractivity contribution is 5.91. The maximum Gasteiger partial charge on any atom is 0.411 e. The molecule has 8 heteroatoms. The molecular formula is C29H35N3O5. The summed E-state index contributed by atoms with van der Waals surface area (Å²) >= 11 is 0. The average molecular weight is 506 g/mol. The highest BCUT2D eigenvalue weighted by Crippen LogP contribution is 2.31. The number of alkyl carbamates (subject to hydrolysis) is 1. The minimum absolute atomic E-state index is 0.0564. The lowest BCUT2D eigenvalue weighted by Crippen LogP contribution is -2.37. The Morgan fingerprint density at radius 1 is 1.16 bits per heavy atom. The minimum Gasteiger partial charge on any atom is -0.506 e. The number of nitrogens with zero attached hydrogens (tertiary/aromatic N) is 1. The number of ether oxygens (including phenoxy) is 2. The Morgan fingerprint density at radius 2 is 1.89 bits per heavy atom. The van der Waals surface area contributed by atoms with E-state index in [1.807, 2.05) is 44.2 Å². The predicted octanol–water partition coefficient (Wildman–Crippen LogP) is 6.47. The highest BCUT2D eigenvalue weighted by atomic mass is 16.5. The number of aromatic hydroxyl groups is 1. The van der Waals surface area contributed by atoms with Crippen molar-refractivity contribution < 1.29 is 24.2 Å². The van der Waals surface area contributed by atoms with Crippen LogP contribution >= 0.6 is 0 Å². The van der Waals surface area contributed by atoms with E-state index in [-0.39, 0.29) is 30.1 Å². The van der Waals surface area contributed by atoms with Crippen LogP contribution < -0.4 is 15.4 Å². The van der Waals surface area contributed by atoms with Crippen molar-refractivity contribution in [2.24, 2.45) is 0 Å². The maximum absolute atomic E-state index is 12.7. The molecule has 8 nitrogen and oxygen atoms in total. The molecule has 37 heavy (non-hydrogen) atoms. The molecule has 0 saturated carbocycles. The Balaban J connectivity index is 1.68. The third-order valence-corrected chi connectivity index (χ3v) is 5.93. The van der Waals surface area contributed by atoms with Crippen molar-refractivity contribution in [1.82, 2.24) is 10.2 Å². The average Bonchev–Trinajstić information content (AvgIpc) is 3.29. The fourth-order valence-electron chi connectivity index (χ4n) is 4.07. The number of phenolic OH excluding ortho intramolecular Hbond substituents is 1. The van der Waals surface area contributed by atoms with Crippen molar-refractivity contribution >= 4 is 17.8 Å². The lowest BCUT2D eigenvalue weighted by atomic mass is 10.1. The molecule has 1 saturated heterocycles. The molecule has 1 unspecified atom stereocenters. The van der Waals surface area contributed by atoms with Gasteiger partial charge in [-0.1, -0.05) is 36.9 Å². The van der Waals surface area contributed by atoms with Crippen molar-refractivity contribution in [2.45, 2.75) is 53.2 Å². The van der Waals surface area contributed by atoms with Crippen molar-refractivity contribution in [3.05, 3.63) is 89.4 Å². The van der Waals surface area contributed by atoms with Crippen molar-refractivity contribution in [2.75, 3.05) is 11.9 Å². The molecule has 3 N–H and O–H groups in total. The first kappa shape index (κ1) is 27.4. The van der Waals surface area contributed by atoms with Gasteiger partial charge in [0.2, 0.25) is 0 Å². The molecule has 0 spiro atoms. The number of nitrogens with one attached hydrogen (secondary N) is 2. The van der Waals surface area contributed by atoms with Gasteiger partial charge in [0, 0.05) is 24.4 Å². The summed E-state index contributed by atoms with van der Waals surface area (Å²) < 4.78 is 11.4. The number of benzene rings is 2. The topological polar surface area (TPSA) is 100 Å². The molecule has 0 aliphatic carbocycles. The van der Waals surface area contributed by atoms with E-state index in [2.05, 4.69) is 17.2 Å². The second kappa shape index (κ2) is 12.7. The number of likely N-dealkylation sites (tertiary alicyclic amines) is 1. The van der Waals surface area contributed by atoms with Crippen LogP contribution in [0.25, 0.3) is 0 Å². The summed E-state index contributed by atoms with van der Waals surface area (Å²) in [5.41, 5.74) is 3.11. The quantitative estimate of drug-likeness (QED) is 0.217. The Morgan fingerprint density at radius 3 is 2.54 bits per heavy atom. The summed E-state index contributed by atoms with van der Waals surface area (Å²) in [6.07, 6.45) is 3.11. The predicted molar refractivity (Wildman–Crippen MR) is 144 cm³/mol. The van der Waals surface area contributed by atoms with Crippen LogP contribution in [0, 0.1) is 0 Å². The van der Waals surface area contributed by atoms with Gasteiger partial charge in [-0.3, -0.25) is 5.32 Å². The summed E-state index contributed by atoms with van der Waals surface area (Å²) in [5, 5.41) is 15.8. The molecule has 0 radical (unpaired) electrons. The standard InChI is InChI=1S/C29H35N3O5/c1-19(2)27(20(3)16-21(4)30-29(35)36-18-23-11-7-6-8-12-23)37-24-13-14-26(33)25(17-24)31-28(34)32-15-9-10-22(32)5/h6-8,11-14,16-17,22,33H,1,9-10,15,18H2,2-5H3,(H,30,35)(H,31,34)/b21-16+,27-20+. The number of allylic oxidation sites excluding steroid dienone is 4. The van der Waals surface area contributed by atoms with Crippen LogP contribution in [0.4, 0.5) is 15.3 Å². The van der Waals surface area contributed by atoms with Gasteiger partial charge in [-0.2, -0.15) is 0 Å². The molecule has 1 aliphatic rings. The number of hydrogen-bond acceptors (Lipinski definition) is 5. The normalized spacial score (nSPS) is 16.1. The van der Waals surface area contributed by atoms with E-state index in [9.17, 15) is 14.7 Å². The number of carbonyl (C=O) groups excluding carboxylic acids is 2. The summed E-state index contributed by atoms with van der Waals surface area (Å²) in [7, 11) is 0. The molecule has 196 valence electrons. The maximum atomic E-state index is 12.7. The summed E-state index contributed by atoms with van der Waals surface area (Å²) in [6.45, 7) is 12.3. The van der Waals surface area contributed by atoms with Crippen LogP contribution in [0.1, 0.15) is 46.1 Å². The zero-order chi connectivity index (χ0) is 26.9. The Bertz CT molecular complexity index is 1200. The number of urea groups is 1. The van der Waals surface area contributed by atoms with Gasteiger partial charge >= 0.3 is 12.1 Å². The van der Waals surface area contributed by atoms with Gasteiger partial charge in [0.1, 0.15) is 23.9 Å². The second-order valence-corrected chi connectivity index (χ2v) is 9.20. The molecule has 1 aliphatic heterocycles. The first-order chi connectivity index (χ1) is 17.6. The molecule has 3 rings (SSSR count). The monoisotopic (exact) mass is 505 g/mol. The molecule has 2 aromatic rings. The van der Waals surface area contributed by atoms with Crippen LogP contribution in [-0.4, -0.2) is 34.7 Å². The summed E-state index contributed by atoms with van der Waals surface area (Å²) in [4.78, 5) is 26.6. The van der Waals surface area contributed by atoms with Crippen LogP contribution in [0.5, 0.6) is 11.5 Å². The van der Waals surface area contributed by atoms with Gasteiger partial charge in [0.05, 0.1) is 5.69 Å². The third-order valence-electron chi connectivity index (χ3n) is 5.93. The number of amides is 3. The third kappa shape index (κ3) is 7.90. The molecular weight excluding hydrogens is 470 g/mol. The fraction of sp³-hybridized carbons (Fsp3) is 0.310. The largest absolute Gasteiger partial charge is 0.506 e. The summed E-state index contributed by atoms with van der Waals surface area (Å²) in [6, 6.07) is 14.0. The zero-order valence-corrected chi connectivity index (χ0v) is 21.8. The number of rotatable bonds is 8. The van der Waals surface area contributed by atoms with E-state index >= 15 is 0 Å². The first-order valence-corrected chi connectivity index (χ1v) is 12.2. The molecule has 1 atom stereocenters. The number of anilines is 1. The van der Waals surface area contributed by atoms with Crippen molar-refractivity contribution in [3.63, 3.8) is 0 Å². The van der Waals surface area contributed by atoms with Crippen molar-refractivity contribution in [1.29, 1.82) is 0 Å². The first-order valence-electron chi connectivity index (χ1n) is 12.2. The van der Waals surface area contributed by atoms with Gasteiger partial charge in [-0.15, -0.1) is 0 Å². The Hall–Kier alpha value is -4.20. The van der Waals surface area contributed by atoms with E-state index in [0.717, 1.165) is 24.0 Å². The lowest BCUT2D eigenvalue weighted by Gasteiger charge is -2.22. The second-order valence-electron chi connectivity index (χ2n) is 9.20. The highest BCUT2D eigenvalue weighted by Gasteiger charge is 2.25. The smallest absolute Gasteiger partial charge is 0.411 e. The van der Waals surface area contributed by atoms with Gasteiger partial charge in [-0.25, -0.2) is 9.59 Å². The Kier molecular flexibility index (Phi) is 9.38. The molecule has 1 heterocycles. The van der Waals surface area contributed by atoms with Gasteiger partial charge in [-0.05, 0) is 75.5 Å². The van der Waals surface area contributed by atoms with Gasteiger partial charge in [0.25, 0.3) is 0 Å². The van der Waals surface area contributed by atoms with E-state index in [0.29, 0.717) is 29.3 Å². The van der Waals surface area contributed by atoms with E-state index in [4.69, 9.17) is 9.47 Å². The molecule has 0 bridgehead atoms. The summed E-state index contributed by atoms with van der Waals surface area (Å²) in [5.74, 6) is 0.857. The number of carbonyl (C=O) groups is 2. The Labute approximate surface area is 218 Å². The molecule has 3 amide bonds. The van der Waals surface area contributed by atoms with Crippen LogP contribution in [0.3, 0.4) is 0 Å². The van der Waals surface area contributed by atoms with Crippen LogP contribution in [0.2, 0.25) is 0 Å². The molecule has 2 aromatic carbocycles. The number of phenols is 1. The van der Waals surface area contributed by atoms with Crippen molar-refractivity contribution in [3.8, 4) is 11.5 Å². The molecule has 0 aromatic heterocycles. The van der Waals surface area contributed by atoms with E-state index in [1.54, 1.807) is 37.0 Å². The van der Waals surface area contributed by atoms with E-state index in [1.165, 1.54) is 6.07 Å². The minimum atomic E-state index is -0.561. The van der Waals surface area contributed by atoms with E-state index < -0.39 is 6.09 Å². The van der Waals surface area contributed by atoms with Crippen LogP contribution in [-0.2, 0) is 11.3 Å². The van der Waals surface area contributed by atoms with Gasteiger partial charge in [0.15, 0.2) is 0 Å². The lowest BCUT2D eigenvalue weighted by molar-refractivity contribution is 0.142. The SMILES string of the molecule is C=C(C)/C(Oc1ccc(O)c(NC(=O)N2CCCC2C)c1)=C(C)\C=C(/C)NC(=O)OCc1ccccc1. The fourth-order valence-corrected chi connectivity index (χ4v) is 4.07. The van der Waals surface area contributed by atoms with Gasteiger partial charge < -0.3 is 24.8 Å². The zero-order valence-electron chi connectivity index (χ0n) is 21.8. The number of hydrogen-bond donors (Lipinski definition) is 3.